The Labute approximate surface area is 141 Å². The van der Waals surface area contributed by atoms with Crippen LogP contribution >= 0.6 is 24.0 Å². The number of guanidine groups is 1. The Morgan fingerprint density at radius 2 is 2.00 bits per heavy atom. The van der Waals surface area contributed by atoms with Gasteiger partial charge in [0.15, 0.2) is 5.96 Å². The molecule has 1 aromatic rings. The van der Waals surface area contributed by atoms with Crippen LogP contribution in [0, 0.1) is 0 Å². The smallest absolute Gasteiger partial charge is 0.387 e. The number of aliphatic imine (C=N–C) groups is 1. The van der Waals surface area contributed by atoms with Crippen molar-refractivity contribution in [3.8, 4) is 5.75 Å². The van der Waals surface area contributed by atoms with Crippen molar-refractivity contribution in [1.29, 1.82) is 0 Å². The molecule has 0 saturated heterocycles. The minimum absolute atomic E-state index is 0. The standard InChI is InChI=1S/C14H21F2N3O.HI/c1-4-10(2)19-14(17-3)18-9-11-7-5-6-8-12(11)20-13(15)16;/h5-8,10,13H,4,9H2,1-3H3,(H2,17,18,19);1H. The van der Waals surface area contributed by atoms with E-state index >= 15 is 0 Å². The lowest BCUT2D eigenvalue weighted by Crippen LogP contribution is -2.41. The van der Waals surface area contributed by atoms with Gasteiger partial charge < -0.3 is 15.4 Å². The first-order valence-electron chi connectivity index (χ1n) is 6.56. The average Bonchev–Trinajstić information content (AvgIpc) is 2.43. The van der Waals surface area contributed by atoms with E-state index in [2.05, 4.69) is 27.3 Å². The van der Waals surface area contributed by atoms with Gasteiger partial charge in [-0.15, -0.1) is 24.0 Å². The summed E-state index contributed by atoms with van der Waals surface area (Å²) in [6.45, 7) is 1.64. The van der Waals surface area contributed by atoms with Gasteiger partial charge in [0.1, 0.15) is 5.75 Å². The second-order valence-electron chi connectivity index (χ2n) is 4.37. The Morgan fingerprint density at radius 1 is 1.33 bits per heavy atom. The van der Waals surface area contributed by atoms with E-state index in [1.165, 1.54) is 6.07 Å². The summed E-state index contributed by atoms with van der Waals surface area (Å²) in [7, 11) is 1.67. The van der Waals surface area contributed by atoms with Crippen LogP contribution in [-0.4, -0.2) is 25.7 Å². The highest BCUT2D eigenvalue weighted by Gasteiger charge is 2.09. The lowest BCUT2D eigenvalue weighted by Gasteiger charge is -2.17. The summed E-state index contributed by atoms with van der Waals surface area (Å²) >= 11 is 0. The molecule has 0 radical (unpaired) electrons. The van der Waals surface area contributed by atoms with Gasteiger partial charge in [-0.3, -0.25) is 4.99 Å². The van der Waals surface area contributed by atoms with Crippen LogP contribution in [0.5, 0.6) is 5.75 Å². The first kappa shape index (κ1) is 19.9. The van der Waals surface area contributed by atoms with Crippen molar-refractivity contribution in [2.75, 3.05) is 7.05 Å². The zero-order chi connectivity index (χ0) is 15.0. The van der Waals surface area contributed by atoms with Crippen LogP contribution in [0.25, 0.3) is 0 Å². The number of nitrogens with one attached hydrogen (secondary N) is 2. The summed E-state index contributed by atoms with van der Waals surface area (Å²) in [5.41, 5.74) is 0.653. The fourth-order valence-electron chi connectivity index (χ4n) is 1.57. The zero-order valence-corrected chi connectivity index (χ0v) is 14.7. The van der Waals surface area contributed by atoms with Gasteiger partial charge >= 0.3 is 6.61 Å². The van der Waals surface area contributed by atoms with Crippen molar-refractivity contribution in [2.24, 2.45) is 4.99 Å². The number of alkyl halides is 2. The normalized spacial score (nSPS) is 12.6. The lowest BCUT2D eigenvalue weighted by atomic mass is 10.2. The maximum absolute atomic E-state index is 12.3. The molecular formula is C14H22F2IN3O. The Kier molecular flexibility index (Phi) is 10.0. The summed E-state index contributed by atoms with van der Waals surface area (Å²) in [5.74, 6) is 0.806. The summed E-state index contributed by atoms with van der Waals surface area (Å²) in [6, 6.07) is 6.98. The van der Waals surface area contributed by atoms with Crippen LogP contribution in [0.2, 0.25) is 0 Å². The number of rotatable bonds is 6. The molecule has 0 spiro atoms. The molecular weight excluding hydrogens is 391 g/mol. The summed E-state index contributed by atoms with van der Waals surface area (Å²) in [4.78, 5) is 4.09. The number of para-hydroxylation sites is 1. The van der Waals surface area contributed by atoms with Crippen molar-refractivity contribution in [1.82, 2.24) is 10.6 Å². The maximum Gasteiger partial charge on any atom is 0.387 e. The second-order valence-corrected chi connectivity index (χ2v) is 4.37. The molecule has 21 heavy (non-hydrogen) atoms. The molecule has 4 nitrogen and oxygen atoms in total. The fraction of sp³-hybridized carbons (Fsp3) is 0.500. The minimum atomic E-state index is -2.83. The van der Waals surface area contributed by atoms with Gasteiger partial charge in [-0.2, -0.15) is 8.78 Å². The van der Waals surface area contributed by atoms with Gasteiger partial charge in [-0.1, -0.05) is 25.1 Å². The lowest BCUT2D eigenvalue weighted by molar-refractivity contribution is -0.0504. The second kappa shape index (κ2) is 10.6. The quantitative estimate of drug-likeness (QED) is 0.427. The highest BCUT2D eigenvalue weighted by molar-refractivity contribution is 14.0. The molecule has 0 aliphatic heterocycles. The molecule has 0 bridgehead atoms. The Balaban J connectivity index is 0.00000400. The van der Waals surface area contributed by atoms with Crippen molar-refractivity contribution in [3.05, 3.63) is 29.8 Å². The Hall–Kier alpha value is -1.12. The fourth-order valence-corrected chi connectivity index (χ4v) is 1.57. The van der Waals surface area contributed by atoms with Crippen molar-refractivity contribution in [3.63, 3.8) is 0 Å². The van der Waals surface area contributed by atoms with Crippen LogP contribution in [0.1, 0.15) is 25.8 Å². The molecule has 0 saturated carbocycles. The predicted molar refractivity (Wildman–Crippen MR) is 91.6 cm³/mol. The van der Waals surface area contributed by atoms with E-state index in [0.717, 1.165) is 6.42 Å². The number of benzene rings is 1. The molecule has 7 heteroatoms. The largest absolute Gasteiger partial charge is 0.434 e. The molecule has 1 atom stereocenters. The average molecular weight is 413 g/mol. The molecule has 1 aromatic carbocycles. The van der Waals surface area contributed by atoms with Crippen molar-refractivity contribution in [2.45, 2.75) is 39.5 Å². The molecule has 1 unspecified atom stereocenters. The Bertz CT molecular complexity index is 444. The molecule has 0 amide bonds. The third-order valence-corrected chi connectivity index (χ3v) is 2.85. The van der Waals surface area contributed by atoms with E-state index in [1.54, 1.807) is 25.2 Å². The monoisotopic (exact) mass is 413 g/mol. The minimum Gasteiger partial charge on any atom is -0.434 e. The van der Waals surface area contributed by atoms with E-state index < -0.39 is 6.61 Å². The van der Waals surface area contributed by atoms with E-state index in [9.17, 15) is 8.78 Å². The molecule has 0 heterocycles. The van der Waals surface area contributed by atoms with Gasteiger partial charge in [0, 0.05) is 25.2 Å². The topological polar surface area (TPSA) is 45.7 Å². The number of hydrogen-bond acceptors (Lipinski definition) is 2. The van der Waals surface area contributed by atoms with Gasteiger partial charge in [0.25, 0.3) is 0 Å². The van der Waals surface area contributed by atoms with E-state index in [1.807, 2.05) is 6.92 Å². The van der Waals surface area contributed by atoms with Crippen molar-refractivity contribution >= 4 is 29.9 Å². The van der Waals surface area contributed by atoms with Crippen molar-refractivity contribution < 1.29 is 13.5 Å². The third kappa shape index (κ3) is 7.45. The SMILES string of the molecule is CCC(C)NC(=NC)NCc1ccccc1OC(F)F.I. The highest BCUT2D eigenvalue weighted by atomic mass is 127. The van der Waals surface area contributed by atoms with E-state index in [0.29, 0.717) is 18.1 Å². The zero-order valence-electron chi connectivity index (χ0n) is 12.4. The molecule has 120 valence electrons. The van der Waals surface area contributed by atoms with E-state index in [4.69, 9.17) is 0 Å². The van der Waals surface area contributed by atoms with E-state index in [-0.39, 0.29) is 35.8 Å². The number of nitrogens with zero attached hydrogens (tertiary/aromatic N) is 1. The Morgan fingerprint density at radius 3 is 2.57 bits per heavy atom. The predicted octanol–water partition coefficient (Wildman–Crippen LogP) is 3.37. The first-order valence-corrected chi connectivity index (χ1v) is 6.56. The summed E-state index contributed by atoms with van der Waals surface area (Å²) in [6.07, 6.45) is 0.964. The number of hydrogen-bond donors (Lipinski definition) is 2. The van der Waals surface area contributed by atoms with Crippen LogP contribution in [0.4, 0.5) is 8.78 Å². The van der Waals surface area contributed by atoms with Crippen LogP contribution in [-0.2, 0) is 6.54 Å². The molecule has 0 fully saturated rings. The first-order chi connectivity index (χ1) is 9.56. The maximum atomic E-state index is 12.3. The third-order valence-electron chi connectivity index (χ3n) is 2.85. The van der Waals surface area contributed by atoms with Gasteiger partial charge in [0.2, 0.25) is 0 Å². The molecule has 2 N–H and O–H groups in total. The van der Waals surface area contributed by atoms with Crippen LogP contribution < -0.4 is 15.4 Å². The molecule has 0 aliphatic carbocycles. The summed E-state index contributed by atoms with van der Waals surface area (Å²) < 4.78 is 29.1. The number of halogens is 3. The van der Waals surface area contributed by atoms with Gasteiger partial charge in [-0.05, 0) is 19.4 Å². The highest BCUT2D eigenvalue weighted by Crippen LogP contribution is 2.19. The number of ether oxygens (including phenoxy) is 1. The van der Waals surface area contributed by atoms with Crippen LogP contribution in [0.15, 0.2) is 29.3 Å². The van der Waals surface area contributed by atoms with Crippen LogP contribution in [0.3, 0.4) is 0 Å². The van der Waals surface area contributed by atoms with Gasteiger partial charge in [0.05, 0.1) is 0 Å². The molecule has 0 aromatic heterocycles. The molecule has 0 aliphatic rings. The van der Waals surface area contributed by atoms with Gasteiger partial charge in [-0.25, -0.2) is 0 Å². The summed E-state index contributed by atoms with van der Waals surface area (Å²) in [5, 5.41) is 6.28. The molecule has 1 rings (SSSR count).